The van der Waals surface area contributed by atoms with E-state index in [4.69, 9.17) is 0 Å². The van der Waals surface area contributed by atoms with Crippen LogP contribution in [0.4, 0.5) is 0 Å². The Hall–Kier alpha value is -2.42. The molecule has 3 aromatic rings. The van der Waals surface area contributed by atoms with E-state index in [9.17, 15) is 0 Å². The van der Waals surface area contributed by atoms with Crippen LogP contribution in [0, 0.1) is 0 Å². The van der Waals surface area contributed by atoms with E-state index in [-0.39, 0.29) is 0 Å². The molecule has 0 bridgehead atoms. The number of aromatic nitrogens is 3. The highest BCUT2D eigenvalue weighted by Crippen LogP contribution is 2.40. The maximum atomic E-state index is 4.44. The summed E-state index contributed by atoms with van der Waals surface area (Å²) >= 11 is 0. The molecule has 0 saturated carbocycles. The number of fused-ring (bicyclic) bond motifs is 5. The highest BCUT2D eigenvalue weighted by Gasteiger charge is 2.24. The summed E-state index contributed by atoms with van der Waals surface area (Å²) in [6.07, 6.45) is 2.28. The molecule has 1 aliphatic rings. The summed E-state index contributed by atoms with van der Waals surface area (Å²) < 4.78 is 1.89. The van der Waals surface area contributed by atoms with Gasteiger partial charge in [0.2, 0.25) is 0 Å². The molecule has 1 aliphatic carbocycles. The lowest BCUT2D eigenvalue weighted by atomic mass is 9.83. The molecule has 0 fully saturated rings. The predicted octanol–water partition coefficient (Wildman–Crippen LogP) is 6.25. The first-order chi connectivity index (χ1) is 12.7. The van der Waals surface area contributed by atoms with Crippen molar-refractivity contribution < 1.29 is 0 Å². The first kappa shape index (κ1) is 19.9. The number of nitrogens with zero attached hydrogens (tertiary/aromatic N) is 3. The van der Waals surface area contributed by atoms with Crippen molar-refractivity contribution in [3.63, 3.8) is 0 Å². The first-order valence-corrected chi connectivity index (χ1v) is 9.74. The Bertz CT molecular complexity index is 833. The van der Waals surface area contributed by atoms with E-state index in [0.717, 1.165) is 17.8 Å². The van der Waals surface area contributed by atoms with Crippen LogP contribution in [0.3, 0.4) is 0 Å². The molecule has 3 nitrogen and oxygen atoms in total. The Morgan fingerprint density at radius 3 is 2.23 bits per heavy atom. The Labute approximate surface area is 158 Å². The van der Waals surface area contributed by atoms with Crippen molar-refractivity contribution in [2.75, 3.05) is 0 Å². The Morgan fingerprint density at radius 1 is 0.962 bits per heavy atom. The van der Waals surface area contributed by atoms with Crippen LogP contribution in [0.15, 0.2) is 48.5 Å². The Balaban J connectivity index is 0.000000444. The number of benzene rings is 2. The van der Waals surface area contributed by atoms with E-state index in [1.807, 2.05) is 25.6 Å². The van der Waals surface area contributed by atoms with Crippen molar-refractivity contribution >= 4 is 0 Å². The van der Waals surface area contributed by atoms with E-state index in [2.05, 4.69) is 79.6 Å². The summed E-state index contributed by atoms with van der Waals surface area (Å²) in [4.78, 5) is 0. The lowest BCUT2D eigenvalue weighted by molar-refractivity contribution is 0.717. The van der Waals surface area contributed by atoms with E-state index in [0.29, 0.717) is 5.92 Å². The molecule has 1 aromatic heterocycles. The molecular formula is C23H31N3. The van der Waals surface area contributed by atoms with Crippen LogP contribution >= 0.6 is 0 Å². The van der Waals surface area contributed by atoms with Crippen molar-refractivity contribution in [3.05, 3.63) is 59.7 Å². The summed E-state index contributed by atoms with van der Waals surface area (Å²) in [6, 6.07) is 17.2. The van der Waals surface area contributed by atoms with Gasteiger partial charge in [-0.25, -0.2) is 4.68 Å². The third-order valence-corrected chi connectivity index (χ3v) is 4.37. The van der Waals surface area contributed by atoms with Gasteiger partial charge in [0, 0.05) is 18.2 Å². The predicted molar refractivity (Wildman–Crippen MR) is 111 cm³/mol. The van der Waals surface area contributed by atoms with Gasteiger partial charge in [0.15, 0.2) is 0 Å². The van der Waals surface area contributed by atoms with E-state index < -0.39 is 0 Å². The maximum absolute atomic E-state index is 4.44. The van der Waals surface area contributed by atoms with Crippen molar-refractivity contribution in [2.24, 2.45) is 7.05 Å². The van der Waals surface area contributed by atoms with Crippen molar-refractivity contribution in [1.82, 2.24) is 15.0 Å². The number of rotatable bonds is 0. The summed E-state index contributed by atoms with van der Waals surface area (Å²) in [5.41, 5.74) is 7.29. The number of aryl methyl sites for hydroxylation is 1. The Kier molecular flexibility index (Phi) is 7.14. The van der Waals surface area contributed by atoms with Gasteiger partial charge in [0.05, 0.1) is 5.69 Å². The highest BCUT2D eigenvalue weighted by molar-refractivity contribution is 5.82. The normalized spacial score (nSPS) is 14.2. The molecule has 2 aromatic carbocycles. The van der Waals surface area contributed by atoms with Gasteiger partial charge >= 0.3 is 0 Å². The zero-order valence-corrected chi connectivity index (χ0v) is 17.0. The molecule has 138 valence electrons. The largest absolute Gasteiger partial charge is 0.247 e. The van der Waals surface area contributed by atoms with E-state index in [1.54, 1.807) is 0 Å². The zero-order chi connectivity index (χ0) is 19.1. The molecule has 0 radical (unpaired) electrons. The summed E-state index contributed by atoms with van der Waals surface area (Å²) in [7, 11) is 1.97. The third kappa shape index (κ3) is 3.87. The molecule has 1 atom stereocenters. The quantitative estimate of drug-likeness (QED) is 0.480. The topological polar surface area (TPSA) is 30.7 Å². The van der Waals surface area contributed by atoms with Crippen LogP contribution in [0.5, 0.6) is 0 Å². The van der Waals surface area contributed by atoms with Gasteiger partial charge in [-0.1, -0.05) is 94.8 Å². The SMILES string of the molecule is CC.CC1Cc2ccccc2-c2nnn(C)c2-c2ccccc21.CCC. The van der Waals surface area contributed by atoms with Gasteiger partial charge in [-0.05, 0) is 23.5 Å². The van der Waals surface area contributed by atoms with Crippen LogP contribution in [0.25, 0.3) is 22.5 Å². The first-order valence-electron chi connectivity index (χ1n) is 9.74. The molecule has 26 heavy (non-hydrogen) atoms. The Morgan fingerprint density at radius 2 is 1.54 bits per heavy atom. The van der Waals surface area contributed by atoms with Crippen LogP contribution in [0.1, 0.15) is 58.1 Å². The van der Waals surface area contributed by atoms with Gasteiger partial charge < -0.3 is 0 Å². The lowest BCUT2D eigenvalue weighted by Crippen LogP contribution is -2.07. The second kappa shape index (κ2) is 9.33. The van der Waals surface area contributed by atoms with E-state index >= 15 is 0 Å². The van der Waals surface area contributed by atoms with Gasteiger partial charge in [0.1, 0.15) is 5.69 Å². The maximum Gasteiger partial charge on any atom is 0.121 e. The fourth-order valence-electron chi connectivity index (χ4n) is 3.35. The standard InChI is InChI=1S/C18H17N3.C3H8.C2H6/c1-12-11-13-7-3-4-9-15(13)17-18(21(2)20-19-17)16-10-6-5-8-14(12)16;1-3-2;1-2/h3-10,12H,11H2,1-2H3;3H2,1-2H3;1-2H3. The van der Waals surface area contributed by atoms with Crippen LogP contribution in [-0.2, 0) is 13.5 Å². The summed E-state index contributed by atoms with van der Waals surface area (Å²) in [5, 5.41) is 8.71. The van der Waals surface area contributed by atoms with Gasteiger partial charge in [-0.15, -0.1) is 5.10 Å². The highest BCUT2D eigenvalue weighted by atomic mass is 15.4. The van der Waals surface area contributed by atoms with Gasteiger partial charge in [0.25, 0.3) is 0 Å². The minimum atomic E-state index is 0.477. The molecule has 1 heterocycles. The van der Waals surface area contributed by atoms with Crippen molar-refractivity contribution in [3.8, 4) is 22.5 Å². The smallest absolute Gasteiger partial charge is 0.121 e. The molecule has 0 spiro atoms. The molecule has 0 amide bonds. The molecule has 3 heteroatoms. The lowest BCUT2D eigenvalue weighted by Gasteiger charge is -2.22. The fourth-order valence-corrected chi connectivity index (χ4v) is 3.35. The number of hydrogen-bond donors (Lipinski definition) is 0. The molecule has 4 rings (SSSR count). The molecule has 0 saturated heterocycles. The summed E-state index contributed by atoms with van der Waals surface area (Å²) in [6.45, 7) is 10.5. The third-order valence-electron chi connectivity index (χ3n) is 4.37. The van der Waals surface area contributed by atoms with Crippen LogP contribution < -0.4 is 0 Å². The van der Waals surface area contributed by atoms with Crippen molar-refractivity contribution in [1.29, 1.82) is 0 Å². The minimum absolute atomic E-state index is 0.477. The average Bonchev–Trinajstić information content (AvgIpc) is 3.04. The summed E-state index contributed by atoms with van der Waals surface area (Å²) in [5.74, 6) is 0.477. The second-order valence-corrected chi connectivity index (χ2v) is 6.47. The van der Waals surface area contributed by atoms with E-state index in [1.165, 1.54) is 28.7 Å². The van der Waals surface area contributed by atoms with Crippen LogP contribution in [-0.4, -0.2) is 15.0 Å². The fraction of sp³-hybridized carbons (Fsp3) is 0.391. The van der Waals surface area contributed by atoms with Crippen molar-refractivity contribution in [2.45, 2.75) is 53.4 Å². The monoisotopic (exact) mass is 349 g/mol. The van der Waals surface area contributed by atoms with Gasteiger partial charge in [-0.2, -0.15) is 0 Å². The minimum Gasteiger partial charge on any atom is -0.247 e. The average molecular weight is 350 g/mol. The van der Waals surface area contributed by atoms with Crippen LogP contribution in [0.2, 0.25) is 0 Å². The molecule has 0 N–H and O–H groups in total. The number of hydrogen-bond acceptors (Lipinski definition) is 2. The molecule has 1 unspecified atom stereocenters. The second-order valence-electron chi connectivity index (χ2n) is 6.47. The van der Waals surface area contributed by atoms with Gasteiger partial charge in [-0.3, -0.25) is 0 Å². The zero-order valence-electron chi connectivity index (χ0n) is 17.0. The molecule has 0 aliphatic heterocycles. The molecular weight excluding hydrogens is 318 g/mol.